The van der Waals surface area contributed by atoms with Gasteiger partial charge in [0.1, 0.15) is 5.75 Å². The average molecular weight is 475 g/mol. The molecule has 0 radical (unpaired) electrons. The van der Waals surface area contributed by atoms with E-state index in [-0.39, 0.29) is 12.3 Å². The smallest absolute Gasteiger partial charge is 0.303 e. The van der Waals surface area contributed by atoms with Crippen molar-refractivity contribution in [2.24, 2.45) is 11.8 Å². The van der Waals surface area contributed by atoms with Crippen molar-refractivity contribution < 1.29 is 14.6 Å². The maximum Gasteiger partial charge on any atom is 0.303 e. The third-order valence-corrected chi connectivity index (χ3v) is 7.65. The average Bonchev–Trinajstić information content (AvgIpc) is 2.86. The molecule has 1 aromatic heterocycles. The monoisotopic (exact) mass is 474 g/mol. The quantitative estimate of drug-likeness (QED) is 0.374. The topological polar surface area (TPSA) is 62.7 Å². The summed E-state index contributed by atoms with van der Waals surface area (Å²) in [6.07, 6.45) is 8.55. The number of pyridine rings is 1. The molecule has 1 saturated heterocycles. The number of benzene rings is 2. The van der Waals surface area contributed by atoms with Gasteiger partial charge in [-0.1, -0.05) is 24.3 Å². The second-order valence-corrected chi connectivity index (χ2v) is 9.98. The summed E-state index contributed by atoms with van der Waals surface area (Å²) in [7, 11) is 1.69. The van der Waals surface area contributed by atoms with Gasteiger partial charge in [-0.15, -0.1) is 0 Å². The Hall–Kier alpha value is -2.92. The van der Waals surface area contributed by atoms with Crippen molar-refractivity contribution in [1.29, 1.82) is 0 Å². The van der Waals surface area contributed by atoms with E-state index in [4.69, 9.17) is 4.74 Å². The van der Waals surface area contributed by atoms with E-state index in [0.29, 0.717) is 5.92 Å². The van der Waals surface area contributed by atoms with Crippen LogP contribution in [0.3, 0.4) is 0 Å². The lowest BCUT2D eigenvalue weighted by atomic mass is 9.79. The van der Waals surface area contributed by atoms with Crippen molar-refractivity contribution in [3.8, 4) is 5.75 Å². The first kappa shape index (κ1) is 25.2. The third-order valence-electron chi connectivity index (χ3n) is 7.65. The zero-order chi connectivity index (χ0) is 24.6. The number of methoxy groups -OCH3 is 1. The standard InChI is InChI=1S/C30H38N2O3/c1-22-7-3-4-8-23(22)11-6-17-32-18-15-24(26(21-32)19-30(33)34)9-5-10-25-14-16-31-29-13-12-27(35-2)20-28(25)29/h3-4,7-8,12-14,16,20,24,26H,5-6,9-11,15,17-19,21H2,1-2H3,(H,33,34)/t24-,26+/m1/s1. The number of carbonyl (C=O) groups is 1. The first-order valence-corrected chi connectivity index (χ1v) is 12.9. The summed E-state index contributed by atoms with van der Waals surface area (Å²) in [5, 5.41) is 10.7. The molecule has 1 aliphatic heterocycles. The number of piperidine rings is 1. The second-order valence-electron chi connectivity index (χ2n) is 9.98. The van der Waals surface area contributed by atoms with Crippen LogP contribution in [0.5, 0.6) is 5.75 Å². The lowest BCUT2D eigenvalue weighted by Gasteiger charge is -2.38. The number of aromatic nitrogens is 1. The molecular weight excluding hydrogens is 436 g/mol. The predicted molar refractivity (Wildman–Crippen MR) is 141 cm³/mol. The van der Waals surface area contributed by atoms with Crippen LogP contribution in [0.4, 0.5) is 0 Å². The molecule has 1 aliphatic rings. The van der Waals surface area contributed by atoms with E-state index in [2.05, 4.69) is 53.2 Å². The molecule has 0 bridgehead atoms. The first-order valence-electron chi connectivity index (χ1n) is 12.9. The van der Waals surface area contributed by atoms with Gasteiger partial charge in [0.25, 0.3) is 0 Å². The third kappa shape index (κ3) is 6.82. The number of likely N-dealkylation sites (tertiary alicyclic amines) is 1. The molecule has 0 amide bonds. The molecule has 2 atom stereocenters. The number of carboxylic acid groups (broad SMARTS) is 1. The summed E-state index contributed by atoms with van der Waals surface area (Å²) >= 11 is 0. The molecule has 1 N–H and O–H groups in total. The van der Waals surface area contributed by atoms with Gasteiger partial charge < -0.3 is 14.7 Å². The van der Waals surface area contributed by atoms with Crippen LogP contribution in [0.25, 0.3) is 10.9 Å². The molecule has 5 nitrogen and oxygen atoms in total. The van der Waals surface area contributed by atoms with Gasteiger partial charge in [0.15, 0.2) is 0 Å². The highest BCUT2D eigenvalue weighted by Gasteiger charge is 2.30. The van der Waals surface area contributed by atoms with Gasteiger partial charge in [0.05, 0.1) is 12.6 Å². The number of hydrogen-bond acceptors (Lipinski definition) is 4. The largest absolute Gasteiger partial charge is 0.497 e. The number of carboxylic acids is 1. The van der Waals surface area contributed by atoms with Gasteiger partial charge in [-0.25, -0.2) is 0 Å². The molecule has 0 saturated carbocycles. The summed E-state index contributed by atoms with van der Waals surface area (Å²) in [4.78, 5) is 18.6. The van der Waals surface area contributed by atoms with Crippen LogP contribution in [0.15, 0.2) is 54.7 Å². The predicted octanol–water partition coefficient (Wildman–Crippen LogP) is 5.92. The van der Waals surface area contributed by atoms with Crippen LogP contribution < -0.4 is 4.74 Å². The number of hydrogen-bond donors (Lipinski definition) is 1. The van der Waals surface area contributed by atoms with E-state index in [1.807, 2.05) is 18.3 Å². The van der Waals surface area contributed by atoms with Crippen molar-refractivity contribution >= 4 is 16.9 Å². The van der Waals surface area contributed by atoms with E-state index in [9.17, 15) is 9.90 Å². The molecule has 1 fully saturated rings. The summed E-state index contributed by atoms with van der Waals surface area (Å²) in [5.41, 5.74) is 5.06. The maximum atomic E-state index is 11.6. The fraction of sp³-hybridized carbons (Fsp3) is 0.467. The van der Waals surface area contributed by atoms with Gasteiger partial charge in [-0.05, 0) is 111 Å². The highest BCUT2D eigenvalue weighted by atomic mass is 16.5. The van der Waals surface area contributed by atoms with Crippen LogP contribution in [0, 0.1) is 18.8 Å². The van der Waals surface area contributed by atoms with Crippen LogP contribution in [-0.2, 0) is 17.6 Å². The summed E-state index contributed by atoms with van der Waals surface area (Å²) in [6, 6.07) is 16.7. The molecule has 0 unspecified atom stereocenters. The summed E-state index contributed by atoms with van der Waals surface area (Å²) in [6.45, 7) is 5.20. The molecule has 5 heteroatoms. The van der Waals surface area contributed by atoms with E-state index in [1.165, 1.54) is 16.7 Å². The Bertz CT molecular complexity index is 1130. The molecule has 186 valence electrons. The van der Waals surface area contributed by atoms with Crippen LogP contribution in [-0.4, -0.2) is 47.7 Å². The zero-order valence-corrected chi connectivity index (χ0v) is 21.1. The Morgan fingerprint density at radius 3 is 2.71 bits per heavy atom. The highest BCUT2D eigenvalue weighted by molar-refractivity contribution is 5.83. The summed E-state index contributed by atoms with van der Waals surface area (Å²) in [5.74, 6) is 0.882. The molecule has 35 heavy (non-hydrogen) atoms. The van der Waals surface area contributed by atoms with E-state index in [0.717, 1.165) is 74.8 Å². The maximum absolute atomic E-state index is 11.6. The normalized spacial score (nSPS) is 18.6. The minimum Gasteiger partial charge on any atom is -0.497 e. The minimum absolute atomic E-state index is 0.231. The number of nitrogens with zero attached hydrogens (tertiary/aromatic N) is 2. The van der Waals surface area contributed by atoms with Crippen LogP contribution in [0.1, 0.15) is 48.8 Å². The molecule has 2 heterocycles. The summed E-state index contributed by atoms with van der Waals surface area (Å²) < 4.78 is 5.41. The minimum atomic E-state index is -0.672. The number of ether oxygens (including phenoxy) is 1. The molecule has 0 aliphatic carbocycles. The first-order chi connectivity index (χ1) is 17.0. The Labute approximate surface area is 209 Å². The fourth-order valence-electron chi connectivity index (χ4n) is 5.66. The Morgan fingerprint density at radius 2 is 1.91 bits per heavy atom. The zero-order valence-electron chi connectivity index (χ0n) is 21.1. The number of aryl methyl sites for hydroxylation is 3. The van der Waals surface area contributed by atoms with Crippen LogP contribution >= 0.6 is 0 Å². The van der Waals surface area contributed by atoms with Crippen molar-refractivity contribution in [3.63, 3.8) is 0 Å². The number of fused-ring (bicyclic) bond motifs is 1. The lowest BCUT2D eigenvalue weighted by molar-refractivity contribution is -0.139. The Kier molecular flexibility index (Phi) is 8.75. The Balaban J connectivity index is 1.31. The molecule has 0 spiro atoms. The highest BCUT2D eigenvalue weighted by Crippen LogP contribution is 2.32. The van der Waals surface area contributed by atoms with Gasteiger partial charge in [0, 0.05) is 24.5 Å². The fourth-order valence-corrected chi connectivity index (χ4v) is 5.66. The molecular formula is C30H38N2O3. The van der Waals surface area contributed by atoms with Crippen molar-refractivity contribution in [2.75, 3.05) is 26.7 Å². The van der Waals surface area contributed by atoms with Crippen molar-refractivity contribution in [2.45, 2.75) is 51.9 Å². The second kappa shape index (κ2) is 12.2. The SMILES string of the molecule is COc1ccc2nccc(CCC[C@@H]3CCN(CCCc4ccccc4C)C[C@@H]3CC(=O)O)c2c1. The number of aliphatic carboxylic acids is 1. The van der Waals surface area contributed by atoms with Gasteiger partial charge in [-0.2, -0.15) is 0 Å². The van der Waals surface area contributed by atoms with Crippen molar-refractivity contribution in [3.05, 3.63) is 71.4 Å². The van der Waals surface area contributed by atoms with Crippen LogP contribution in [0.2, 0.25) is 0 Å². The van der Waals surface area contributed by atoms with E-state index < -0.39 is 5.97 Å². The number of rotatable bonds is 11. The van der Waals surface area contributed by atoms with E-state index in [1.54, 1.807) is 7.11 Å². The van der Waals surface area contributed by atoms with E-state index >= 15 is 0 Å². The lowest BCUT2D eigenvalue weighted by Crippen LogP contribution is -2.41. The Morgan fingerprint density at radius 1 is 1.09 bits per heavy atom. The molecule has 2 aromatic carbocycles. The molecule has 4 rings (SSSR count). The van der Waals surface area contributed by atoms with Gasteiger partial charge in [-0.3, -0.25) is 9.78 Å². The van der Waals surface area contributed by atoms with Gasteiger partial charge in [0.2, 0.25) is 0 Å². The molecule has 3 aromatic rings. The van der Waals surface area contributed by atoms with Crippen molar-refractivity contribution in [1.82, 2.24) is 9.88 Å². The van der Waals surface area contributed by atoms with Gasteiger partial charge >= 0.3 is 5.97 Å².